The monoisotopic (exact) mass is 298 g/mol. The van der Waals surface area contributed by atoms with E-state index in [1.165, 1.54) is 10.9 Å². The van der Waals surface area contributed by atoms with Crippen molar-refractivity contribution < 1.29 is 4.79 Å². The van der Waals surface area contributed by atoms with Gasteiger partial charge in [-0.05, 0) is 42.0 Å². The maximum Gasteiger partial charge on any atom is 0.275 e. The number of nitrogens with one attached hydrogen (secondary N) is 2. The number of carbonyl (C=O) groups excluding carboxylic acids is 1. The van der Waals surface area contributed by atoms with Crippen LogP contribution in [0.4, 0.5) is 11.5 Å². The number of benzene rings is 1. The largest absolute Gasteiger partial charge is 0.369 e. The lowest BCUT2D eigenvalue weighted by Crippen LogP contribution is -2.14. The standard InChI is InChI=1S/C15H14N4OS/c1-2-16-14-9-17-12(8-18-14)15(20)19-11-3-4-13-10(7-11)5-6-21-13/h3-9H,2H2,1H3,(H,16,18)(H,19,20). The highest BCUT2D eigenvalue weighted by Crippen LogP contribution is 2.24. The maximum absolute atomic E-state index is 12.1. The van der Waals surface area contributed by atoms with Gasteiger partial charge < -0.3 is 10.6 Å². The van der Waals surface area contributed by atoms with Gasteiger partial charge in [-0.1, -0.05) is 0 Å². The van der Waals surface area contributed by atoms with Gasteiger partial charge in [-0.3, -0.25) is 4.79 Å². The summed E-state index contributed by atoms with van der Waals surface area (Å²) in [5.41, 5.74) is 1.05. The van der Waals surface area contributed by atoms with E-state index in [0.717, 1.165) is 17.6 Å². The first-order chi connectivity index (χ1) is 10.3. The third kappa shape index (κ3) is 3.00. The van der Waals surface area contributed by atoms with Crippen LogP contribution in [0.1, 0.15) is 17.4 Å². The molecule has 6 heteroatoms. The Morgan fingerprint density at radius 2 is 2.14 bits per heavy atom. The van der Waals surface area contributed by atoms with Gasteiger partial charge in [0.15, 0.2) is 0 Å². The summed E-state index contributed by atoms with van der Waals surface area (Å²) >= 11 is 1.68. The molecule has 0 aliphatic carbocycles. The van der Waals surface area contributed by atoms with Crippen molar-refractivity contribution in [2.75, 3.05) is 17.2 Å². The molecule has 5 nitrogen and oxygen atoms in total. The number of amides is 1. The minimum absolute atomic E-state index is 0.264. The number of thiophene rings is 1. The fourth-order valence-electron chi connectivity index (χ4n) is 1.96. The van der Waals surface area contributed by atoms with Crippen LogP contribution in [0.25, 0.3) is 10.1 Å². The second-order valence-electron chi connectivity index (χ2n) is 4.44. The van der Waals surface area contributed by atoms with Gasteiger partial charge in [0.25, 0.3) is 5.91 Å². The predicted molar refractivity (Wildman–Crippen MR) is 86.0 cm³/mol. The highest BCUT2D eigenvalue weighted by molar-refractivity contribution is 7.17. The molecule has 1 aromatic carbocycles. The average molecular weight is 298 g/mol. The van der Waals surface area contributed by atoms with Crippen LogP contribution in [0.15, 0.2) is 42.0 Å². The minimum Gasteiger partial charge on any atom is -0.369 e. The molecular weight excluding hydrogens is 284 g/mol. The molecule has 21 heavy (non-hydrogen) atoms. The maximum atomic E-state index is 12.1. The summed E-state index contributed by atoms with van der Waals surface area (Å²) in [6, 6.07) is 7.86. The van der Waals surface area contributed by atoms with Gasteiger partial charge >= 0.3 is 0 Å². The number of hydrogen-bond donors (Lipinski definition) is 2. The van der Waals surface area contributed by atoms with Crippen molar-refractivity contribution in [3.8, 4) is 0 Å². The first-order valence-corrected chi connectivity index (χ1v) is 7.49. The summed E-state index contributed by atoms with van der Waals surface area (Å²) in [7, 11) is 0. The summed E-state index contributed by atoms with van der Waals surface area (Å²) in [6.45, 7) is 2.74. The Morgan fingerprint density at radius 1 is 1.24 bits per heavy atom. The molecule has 0 bridgehead atoms. The van der Waals surface area contributed by atoms with Crippen LogP contribution in [0.2, 0.25) is 0 Å². The van der Waals surface area contributed by atoms with Gasteiger partial charge in [0.1, 0.15) is 11.5 Å². The molecule has 2 N–H and O–H groups in total. The van der Waals surface area contributed by atoms with Crippen molar-refractivity contribution in [1.82, 2.24) is 9.97 Å². The summed E-state index contributed by atoms with van der Waals surface area (Å²) in [4.78, 5) is 20.4. The molecule has 0 aliphatic heterocycles. The van der Waals surface area contributed by atoms with Gasteiger partial charge in [-0.15, -0.1) is 11.3 Å². The number of nitrogens with zero attached hydrogens (tertiary/aromatic N) is 2. The summed E-state index contributed by atoms with van der Waals surface area (Å²) in [6.07, 6.45) is 3.02. The molecule has 0 unspecified atom stereocenters. The van der Waals surface area contributed by atoms with E-state index in [1.54, 1.807) is 17.5 Å². The number of carbonyl (C=O) groups is 1. The van der Waals surface area contributed by atoms with Crippen molar-refractivity contribution in [3.05, 3.63) is 47.7 Å². The molecule has 2 heterocycles. The van der Waals surface area contributed by atoms with E-state index in [4.69, 9.17) is 0 Å². The molecule has 3 aromatic rings. The van der Waals surface area contributed by atoms with E-state index < -0.39 is 0 Å². The van der Waals surface area contributed by atoms with Gasteiger partial charge in [-0.2, -0.15) is 0 Å². The molecule has 0 fully saturated rings. The molecule has 0 saturated carbocycles. The number of rotatable bonds is 4. The summed E-state index contributed by atoms with van der Waals surface area (Å²) in [5.74, 6) is 0.397. The van der Waals surface area contributed by atoms with E-state index in [2.05, 4.69) is 20.6 Å². The van der Waals surface area contributed by atoms with Gasteiger partial charge in [0, 0.05) is 16.9 Å². The zero-order valence-corrected chi connectivity index (χ0v) is 12.3. The van der Waals surface area contributed by atoms with Crippen molar-refractivity contribution in [2.45, 2.75) is 6.92 Å². The molecule has 0 spiro atoms. The Balaban J connectivity index is 1.75. The van der Waals surface area contributed by atoms with Crippen LogP contribution in [-0.2, 0) is 0 Å². The number of fused-ring (bicyclic) bond motifs is 1. The Kier molecular flexibility index (Phi) is 3.79. The van der Waals surface area contributed by atoms with Crippen LogP contribution in [0, 0.1) is 0 Å². The van der Waals surface area contributed by atoms with E-state index in [1.807, 2.05) is 36.6 Å². The number of hydrogen-bond acceptors (Lipinski definition) is 5. The third-order valence-electron chi connectivity index (χ3n) is 2.95. The van der Waals surface area contributed by atoms with E-state index in [-0.39, 0.29) is 5.91 Å². The quantitative estimate of drug-likeness (QED) is 0.775. The van der Waals surface area contributed by atoms with E-state index >= 15 is 0 Å². The molecule has 3 rings (SSSR count). The zero-order valence-electron chi connectivity index (χ0n) is 11.5. The normalized spacial score (nSPS) is 10.5. The van der Waals surface area contributed by atoms with Gasteiger partial charge in [0.2, 0.25) is 0 Å². The number of aromatic nitrogens is 2. The molecule has 0 saturated heterocycles. The highest BCUT2D eigenvalue weighted by Gasteiger charge is 2.09. The molecule has 0 radical (unpaired) electrons. The van der Waals surface area contributed by atoms with Gasteiger partial charge in [-0.25, -0.2) is 9.97 Å². The Morgan fingerprint density at radius 3 is 2.90 bits per heavy atom. The molecule has 2 aromatic heterocycles. The van der Waals surface area contributed by atoms with Crippen LogP contribution < -0.4 is 10.6 Å². The highest BCUT2D eigenvalue weighted by atomic mass is 32.1. The van der Waals surface area contributed by atoms with Crippen molar-refractivity contribution in [3.63, 3.8) is 0 Å². The smallest absolute Gasteiger partial charge is 0.275 e. The van der Waals surface area contributed by atoms with E-state index in [9.17, 15) is 4.79 Å². The molecule has 106 valence electrons. The first-order valence-electron chi connectivity index (χ1n) is 6.61. The lowest BCUT2D eigenvalue weighted by Gasteiger charge is -2.06. The SMILES string of the molecule is CCNc1cnc(C(=O)Nc2ccc3sccc3c2)cn1. The van der Waals surface area contributed by atoms with Crippen LogP contribution in [0.3, 0.4) is 0 Å². The summed E-state index contributed by atoms with van der Waals surface area (Å²) in [5, 5.41) is 9.02. The van der Waals surface area contributed by atoms with Crippen molar-refractivity contribution in [2.24, 2.45) is 0 Å². The fraction of sp³-hybridized carbons (Fsp3) is 0.133. The molecular formula is C15H14N4OS. The third-order valence-corrected chi connectivity index (χ3v) is 3.85. The molecule has 0 atom stereocenters. The Bertz CT molecular complexity index is 767. The summed E-state index contributed by atoms with van der Waals surface area (Å²) < 4.78 is 1.20. The second-order valence-corrected chi connectivity index (χ2v) is 5.39. The average Bonchev–Trinajstić information content (AvgIpc) is 2.96. The minimum atomic E-state index is -0.264. The van der Waals surface area contributed by atoms with E-state index in [0.29, 0.717) is 11.5 Å². The zero-order chi connectivity index (χ0) is 14.7. The van der Waals surface area contributed by atoms with Crippen LogP contribution in [-0.4, -0.2) is 22.4 Å². The Labute approximate surface area is 126 Å². The van der Waals surface area contributed by atoms with Crippen LogP contribution in [0.5, 0.6) is 0 Å². The van der Waals surface area contributed by atoms with Crippen molar-refractivity contribution in [1.29, 1.82) is 0 Å². The van der Waals surface area contributed by atoms with Crippen LogP contribution >= 0.6 is 11.3 Å². The lowest BCUT2D eigenvalue weighted by atomic mass is 10.2. The molecule has 0 aliphatic rings. The second kappa shape index (κ2) is 5.88. The predicted octanol–water partition coefficient (Wildman–Crippen LogP) is 3.38. The number of anilines is 2. The first kappa shape index (κ1) is 13.5. The van der Waals surface area contributed by atoms with Crippen molar-refractivity contribution >= 4 is 38.8 Å². The fourth-order valence-corrected chi connectivity index (χ4v) is 2.73. The Hall–Kier alpha value is -2.47. The topological polar surface area (TPSA) is 66.9 Å². The molecule has 1 amide bonds. The lowest BCUT2D eigenvalue weighted by molar-refractivity contribution is 0.102. The van der Waals surface area contributed by atoms with Gasteiger partial charge in [0.05, 0.1) is 12.4 Å².